The molecule has 3 unspecified atom stereocenters. The average molecular weight is 517 g/mol. The van der Waals surface area contributed by atoms with Crippen LogP contribution in [0, 0.1) is 12.3 Å². The van der Waals surface area contributed by atoms with Gasteiger partial charge in [-0.25, -0.2) is 9.37 Å². The Morgan fingerprint density at radius 1 is 1.25 bits per heavy atom. The fourth-order valence-electron chi connectivity index (χ4n) is 4.38. The van der Waals surface area contributed by atoms with Crippen LogP contribution in [0.25, 0.3) is 10.4 Å². The minimum atomic E-state index is -1.92. The Balaban J connectivity index is 1.42. The highest BCUT2D eigenvalue weighted by atomic mass is 32.1. The molecule has 2 aromatic rings. The number of likely N-dealkylation sites (tertiary alicyclic amines) is 1. The highest BCUT2D eigenvalue weighted by Crippen LogP contribution is 2.40. The molecule has 1 saturated heterocycles. The molecular weight excluding hydrogens is 483 g/mol. The fourth-order valence-corrected chi connectivity index (χ4v) is 5.19. The summed E-state index contributed by atoms with van der Waals surface area (Å²) in [5, 5.41) is 15.7. The SMILES string of the molecule is Cc1ncsc1-c1ccc(CNC(=O)C2CC(O)CN2C(=O)C(NC(=O)C2(F)CC2)C(C)(C)C)cc1. The molecule has 3 atom stereocenters. The van der Waals surface area contributed by atoms with Crippen molar-refractivity contribution in [3.05, 3.63) is 41.0 Å². The van der Waals surface area contributed by atoms with Crippen LogP contribution in [-0.4, -0.2) is 63.1 Å². The Hall–Kier alpha value is -2.85. The normalized spacial score (nSPS) is 21.7. The van der Waals surface area contributed by atoms with Gasteiger partial charge in [0.25, 0.3) is 5.91 Å². The van der Waals surface area contributed by atoms with E-state index >= 15 is 0 Å². The zero-order valence-corrected chi connectivity index (χ0v) is 21.8. The molecule has 1 saturated carbocycles. The Morgan fingerprint density at radius 3 is 2.47 bits per heavy atom. The number of nitrogens with zero attached hydrogens (tertiary/aromatic N) is 2. The smallest absolute Gasteiger partial charge is 0.258 e. The number of halogens is 1. The number of aliphatic hydroxyl groups excluding tert-OH is 1. The van der Waals surface area contributed by atoms with E-state index in [0.29, 0.717) is 0 Å². The maximum Gasteiger partial charge on any atom is 0.258 e. The summed E-state index contributed by atoms with van der Waals surface area (Å²) >= 11 is 1.57. The standard InChI is InChI=1S/C26H33FN4O4S/c1-15-20(36-14-29-15)17-7-5-16(6-8-17)12-28-22(33)19-11-18(32)13-31(19)23(34)21(25(2,3)4)30-24(35)26(27)9-10-26/h5-8,14,18-19,21,32H,9-13H2,1-4H3,(H,28,33)(H,30,35). The lowest BCUT2D eigenvalue weighted by Crippen LogP contribution is -2.59. The van der Waals surface area contributed by atoms with Gasteiger partial charge in [-0.2, -0.15) is 0 Å². The van der Waals surface area contributed by atoms with Crippen molar-refractivity contribution < 1.29 is 23.9 Å². The Kier molecular flexibility index (Phi) is 7.21. The van der Waals surface area contributed by atoms with Gasteiger partial charge in [-0.3, -0.25) is 14.4 Å². The van der Waals surface area contributed by atoms with Gasteiger partial charge in [-0.05, 0) is 36.3 Å². The average Bonchev–Trinajstić information content (AvgIpc) is 3.23. The molecule has 0 spiro atoms. The van der Waals surface area contributed by atoms with Crippen LogP contribution in [0.1, 0.15) is 51.3 Å². The highest BCUT2D eigenvalue weighted by Gasteiger charge is 2.53. The summed E-state index contributed by atoms with van der Waals surface area (Å²) in [4.78, 5) is 45.6. The van der Waals surface area contributed by atoms with Crippen LogP contribution in [0.5, 0.6) is 0 Å². The predicted octanol–water partition coefficient (Wildman–Crippen LogP) is 2.73. The number of benzene rings is 1. The van der Waals surface area contributed by atoms with E-state index in [1.807, 2.05) is 31.2 Å². The molecule has 1 aromatic heterocycles. The summed E-state index contributed by atoms with van der Waals surface area (Å²) in [5.41, 5.74) is 2.08. The lowest BCUT2D eigenvalue weighted by molar-refractivity contribution is -0.145. The Morgan fingerprint density at radius 2 is 1.92 bits per heavy atom. The van der Waals surface area contributed by atoms with Gasteiger partial charge in [0.05, 0.1) is 22.2 Å². The second-order valence-corrected chi connectivity index (χ2v) is 11.7. The molecule has 4 rings (SSSR count). The lowest BCUT2D eigenvalue weighted by Gasteiger charge is -2.35. The van der Waals surface area contributed by atoms with Crippen LogP contribution >= 0.6 is 11.3 Å². The van der Waals surface area contributed by atoms with Gasteiger partial charge in [0.15, 0.2) is 5.67 Å². The number of carbonyl (C=O) groups excluding carboxylic acids is 3. The molecule has 2 heterocycles. The molecule has 2 fully saturated rings. The van der Waals surface area contributed by atoms with Gasteiger partial charge >= 0.3 is 0 Å². The van der Waals surface area contributed by atoms with Gasteiger partial charge in [0.2, 0.25) is 11.8 Å². The Labute approximate surface area is 214 Å². The topological polar surface area (TPSA) is 112 Å². The summed E-state index contributed by atoms with van der Waals surface area (Å²) in [5.74, 6) is -1.68. The van der Waals surface area contributed by atoms with Crippen molar-refractivity contribution in [1.29, 1.82) is 0 Å². The van der Waals surface area contributed by atoms with E-state index in [1.54, 1.807) is 37.6 Å². The van der Waals surface area contributed by atoms with Gasteiger partial charge in [0.1, 0.15) is 12.1 Å². The number of carbonyl (C=O) groups is 3. The predicted molar refractivity (Wildman–Crippen MR) is 135 cm³/mol. The van der Waals surface area contributed by atoms with Crippen LogP contribution in [0.15, 0.2) is 29.8 Å². The highest BCUT2D eigenvalue weighted by molar-refractivity contribution is 7.13. The molecule has 194 valence electrons. The molecule has 0 radical (unpaired) electrons. The van der Waals surface area contributed by atoms with Crippen molar-refractivity contribution in [2.45, 2.75) is 77.4 Å². The first kappa shape index (κ1) is 26.2. The number of aromatic nitrogens is 1. The van der Waals surface area contributed by atoms with Crippen LogP contribution in [0.2, 0.25) is 0 Å². The maximum absolute atomic E-state index is 14.3. The third-order valence-corrected chi connectivity index (χ3v) is 7.76. The van der Waals surface area contributed by atoms with E-state index in [9.17, 15) is 23.9 Å². The zero-order valence-electron chi connectivity index (χ0n) is 21.0. The quantitative estimate of drug-likeness (QED) is 0.524. The largest absolute Gasteiger partial charge is 0.391 e. The van der Waals surface area contributed by atoms with Crippen molar-refractivity contribution in [3.8, 4) is 10.4 Å². The molecule has 3 amide bonds. The number of nitrogens with one attached hydrogen (secondary N) is 2. The molecule has 2 aliphatic rings. The van der Waals surface area contributed by atoms with E-state index < -0.39 is 41.1 Å². The van der Waals surface area contributed by atoms with E-state index in [0.717, 1.165) is 21.7 Å². The van der Waals surface area contributed by atoms with Crippen molar-refractivity contribution in [2.24, 2.45) is 5.41 Å². The van der Waals surface area contributed by atoms with Gasteiger partial charge < -0.3 is 20.6 Å². The first-order chi connectivity index (χ1) is 16.9. The van der Waals surface area contributed by atoms with Crippen molar-refractivity contribution in [2.75, 3.05) is 6.54 Å². The molecule has 8 nitrogen and oxygen atoms in total. The number of hydrogen-bond donors (Lipinski definition) is 3. The maximum atomic E-state index is 14.3. The summed E-state index contributed by atoms with van der Waals surface area (Å²) in [6.45, 7) is 7.51. The van der Waals surface area contributed by atoms with E-state index in [-0.39, 0.29) is 38.3 Å². The summed E-state index contributed by atoms with van der Waals surface area (Å²) < 4.78 is 14.3. The van der Waals surface area contributed by atoms with E-state index in [4.69, 9.17) is 0 Å². The molecular formula is C26H33FN4O4S. The third kappa shape index (κ3) is 5.59. The molecule has 10 heteroatoms. The molecule has 1 aliphatic carbocycles. The van der Waals surface area contributed by atoms with Crippen LogP contribution < -0.4 is 10.6 Å². The van der Waals surface area contributed by atoms with Crippen molar-refractivity contribution >= 4 is 29.1 Å². The second kappa shape index (κ2) is 9.89. The van der Waals surface area contributed by atoms with Gasteiger partial charge in [-0.1, -0.05) is 45.0 Å². The van der Waals surface area contributed by atoms with Crippen molar-refractivity contribution in [3.63, 3.8) is 0 Å². The zero-order chi connectivity index (χ0) is 26.3. The number of hydrogen-bond acceptors (Lipinski definition) is 6. The third-order valence-electron chi connectivity index (χ3n) is 6.78. The number of amides is 3. The van der Waals surface area contributed by atoms with Gasteiger partial charge in [0, 0.05) is 19.5 Å². The number of thiazole rings is 1. The van der Waals surface area contributed by atoms with E-state index in [2.05, 4.69) is 15.6 Å². The number of alkyl halides is 1. The Bertz CT molecular complexity index is 1140. The molecule has 36 heavy (non-hydrogen) atoms. The first-order valence-electron chi connectivity index (χ1n) is 12.1. The second-order valence-electron chi connectivity index (χ2n) is 10.8. The number of aliphatic hydroxyl groups is 1. The molecule has 1 aliphatic heterocycles. The van der Waals surface area contributed by atoms with Gasteiger partial charge in [-0.15, -0.1) is 11.3 Å². The molecule has 3 N–H and O–H groups in total. The van der Waals surface area contributed by atoms with Crippen molar-refractivity contribution in [1.82, 2.24) is 20.5 Å². The molecule has 1 aromatic carbocycles. The fraction of sp³-hybridized carbons (Fsp3) is 0.538. The summed E-state index contributed by atoms with van der Waals surface area (Å²) in [6.07, 6.45) is -0.484. The summed E-state index contributed by atoms with van der Waals surface area (Å²) in [7, 11) is 0. The van der Waals surface area contributed by atoms with Crippen LogP contribution in [0.4, 0.5) is 4.39 Å². The summed E-state index contributed by atoms with van der Waals surface area (Å²) in [6, 6.07) is 5.90. The minimum absolute atomic E-state index is 0.0248. The number of aryl methyl sites for hydroxylation is 1. The lowest BCUT2D eigenvalue weighted by atomic mass is 9.85. The first-order valence-corrected chi connectivity index (χ1v) is 13.0. The molecule has 0 bridgehead atoms. The van der Waals surface area contributed by atoms with Crippen LogP contribution in [0.3, 0.4) is 0 Å². The monoisotopic (exact) mass is 516 g/mol. The number of β-amino-alcohol motifs (C(OH)–C–C–N with tert-alkyl or cyclic N) is 1. The number of rotatable bonds is 7. The minimum Gasteiger partial charge on any atom is -0.391 e. The van der Waals surface area contributed by atoms with E-state index in [1.165, 1.54) is 4.90 Å². The van der Waals surface area contributed by atoms with Crippen LogP contribution in [-0.2, 0) is 20.9 Å².